The highest BCUT2D eigenvalue weighted by Crippen LogP contribution is 2.07. The van der Waals surface area contributed by atoms with Crippen LogP contribution < -0.4 is 5.43 Å². The van der Waals surface area contributed by atoms with Crippen LogP contribution in [0.1, 0.15) is 37.1 Å². The SMILES string of the molecule is Cc1cc(=O)cc(C)n1CCCCCC(=O)O. The third kappa shape index (κ3) is 4.43. The molecule has 0 saturated heterocycles. The quantitative estimate of drug-likeness (QED) is 0.771. The van der Waals surface area contributed by atoms with Crippen LogP contribution >= 0.6 is 0 Å². The molecule has 17 heavy (non-hydrogen) atoms. The summed E-state index contributed by atoms with van der Waals surface area (Å²) in [7, 11) is 0. The van der Waals surface area contributed by atoms with Gasteiger partial charge in [0.05, 0.1) is 0 Å². The highest BCUT2D eigenvalue weighted by molar-refractivity contribution is 5.66. The fourth-order valence-electron chi connectivity index (χ4n) is 1.96. The molecule has 1 heterocycles. The Morgan fingerprint density at radius 3 is 2.29 bits per heavy atom. The van der Waals surface area contributed by atoms with Gasteiger partial charge < -0.3 is 9.67 Å². The zero-order valence-electron chi connectivity index (χ0n) is 10.4. The third-order valence-corrected chi connectivity index (χ3v) is 2.83. The van der Waals surface area contributed by atoms with Gasteiger partial charge in [0.2, 0.25) is 0 Å². The molecule has 4 nitrogen and oxygen atoms in total. The molecule has 0 aliphatic carbocycles. The van der Waals surface area contributed by atoms with E-state index in [0.29, 0.717) is 6.42 Å². The summed E-state index contributed by atoms with van der Waals surface area (Å²) in [4.78, 5) is 21.6. The van der Waals surface area contributed by atoms with E-state index in [1.54, 1.807) is 12.1 Å². The van der Waals surface area contributed by atoms with Crippen molar-refractivity contribution in [1.82, 2.24) is 4.57 Å². The van der Waals surface area contributed by atoms with Gasteiger partial charge in [0, 0.05) is 36.5 Å². The molecule has 0 radical (unpaired) electrons. The van der Waals surface area contributed by atoms with Gasteiger partial charge >= 0.3 is 5.97 Å². The van der Waals surface area contributed by atoms with E-state index in [9.17, 15) is 9.59 Å². The van der Waals surface area contributed by atoms with Gasteiger partial charge in [0.15, 0.2) is 5.43 Å². The Hall–Kier alpha value is -1.58. The smallest absolute Gasteiger partial charge is 0.303 e. The number of hydrogen-bond donors (Lipinski definition) is 1. The normalized spacial score (nSPS) is 10.5. The highest BCUT2D eigenvalue weighted by Gasteiger charge is 2.01. The number of aryl methyl sites for hydroxylation is 2. The predicted octanol–water partition coefficient (Wildman–Crippen LogP) is 2.11. The van der Waals surface area contributed by atoms with Crippen molar-refractivity contribution >= 4 is 5.97 Å². The van der Waals surface area contributed by atoms with Crippen LogP contribution in [-0.2, 0) is 11.3 Å². The maximum atomic E-state index is 11.2. The molecule has 0 fully saturated rings. The second kappa shape index (κ2) is 6.23. The summed E-state index contributed by atoms with van der Waals surface area (Å²) in [5.41, 5.74) is 1.98. The van der Waals surface area contributed by atoms with Gasteiger partial charge in [-0.3, -0.25) is 9.59 Å². The van der Waals surface area contributed by atoms with E-state index in [-0.39, 0.29) is 11.8 Å². The van der Waals surface area contributed by atoms with Crippen LogP contribution in [0.15, 0.2) is 16.9 Å². The van der Waals surface area contributed by atoms with Gasteiger partial charge in [-0.2, -0.15) is 0 Å². The van der Waals surface area contributed by atoms with Gasteiger partial charge in [-0.15, -0.1) is 0 Å². The van der Waals surface area contributed by atoms with E-state index in [2.05, 4.69) is 4.57 Å². The zero-order valence-corrected chi connectivity index (χ0v) is 10.4. The zero-order chi connectivity index (χ0) is 12.8. The van der Waals surface area contributed by atoms with Crippen LogP contribution in [0.4, 0.5) is 0 Å². The van der Waals surface area contributed by atoms with Crippen molar-refractivity contribution in [2.75, 3.05) is 0 Å². The number of carboxylic acids is 1. The first-order chi connectivity index (χ1) is 8.00. The summed E-state index contributed by atoms with van der Waals surface area (Å²) in [6, 6.07) is 3.26. The minimum absolute atomic E-state index is 0.0436. The van der Waals surface area contributed by atoms with Gasteiger partial charge in [-0.25, -0.2) is 0 Å². The topological polar surface area (TPSA) is 59.3 Å². The van der Waals surface area contributed by atoms with E-state index in [1.165, 1.54) is 0 Å². The highest BCUT2D eigenvalue weighted by atomic mass is 16.4. The molecule has 0 bridgehead atoms. The maximum Gasteiger partial charge on any atom is 0.303 e. The third-order valence-electron chi connectivity index (χ3n) is 2.83. The fraction of sp³-hybridized carbons (Fsp3) is 0.538. The summed E-state index contributed by atoms with van der Waals surface area (Å²) in [5, 5.41) is 8.51. The number of carboxylic acid groups (broad SMARTS) is 1. The molecule has 0 aliphatic heterocycles. The largest absolute Gasteiger partial charge is 0.481 e. The van der Waals surface area contributed by atoms with Gasteiger partial charge in [0.25, 0.3) is 0 Å². The number of rotatable bonds is 6. The molecule has 0 aliphatic rings. The van der Waals surface area contributed by atoms with Gasteiger partial charge in [0.1, 0.15) is 0 Å². The number of hydrogen-bond acceptors (Lipinski definition) is 2. The Morgan fingerprint density at radius 2 is 1.76 bits per heavy atom. The molecule has 0 amide bonds. The first-order valence-electron chi connectivity index (χ1n) is 5.90. The van der Waals surface area contributed by atoms with Crippen molar-refractivity contribution < 1.29 is 9.90 Å². The fourth-order valence-corrected chi connectivity index (χ4v) is 1.96. The second-order valence-corrected chi connectivity index (χ2v) is 4.33. The van der Waals surface area contributed by atoms with Gasteiger partial charge in [-0.05, 0) is 26.7 Å². The van der Waals surface area contributed by atoms with Crippen LogP contribution in [0.5, 0.6) is 0 Å². The minimum Gasteiger partial charge on any atom is -0.481 e. The Balaban J connectivity index is 2.47. The summed E-state index contributed by atoms with van der Waals surface area (Å²) >= 11 is 0. The average Bonchev–Trinajstić information content (AvgIpc) is 2.20. The number of unbranched alkanes of at least 4 members (excludes halogenated alkanes) is 2. The van der Waals surface area contributed by atoms with Crippen LogP contribution in [0.2, 0.25) is 0 Å². The maximum absolute atomic E-state index is 11.2. The molecule has 0 aromatic carbocycles. The molecule has 94 valence electrons. The molecule has 1 N–H and O–H groups in total. The van der Waals surface area contributed by atoms with E-state index >= 15 is 0 Å². The van der Waals surface area contributed by atoms with E-state index in [0.717, 1.165) is 30.8 Å². The van der Waals surface area contributed by atoms with Crippen LogP contribution in [0.25, 0.3) is 0 Å². The van der Waals surface area contributed by atoms with Crippen molar-refractivity contribution in [2.24, 2.45) is 0 Å². The number of nitrogens with zero attached hydrogens (tertiary/aromatic N) is 1. The van der Waals surface area contributed by atoms with Crippen LogP contribution in [0.3, 0.4) is 0 Å². The molecule has 1 aromatic heterocycles. The molecular formula is C13H19NO3. The molecule has 0 unspecified atom stereocenters. The number of pyridine rings is 1. The van der Waals surface area contributed by atoms with Crippen molar-refractivity contribution in [3.63, 3.8) is 0 Å². The van der Waals surface area contributed by atoms with Crippen molar-refractivity contribution in [3.8, 4) is 0 Å². The van der Waals surface area contributed by atoms with Crippen molar-refractivity contribution in [1.29, 1.82) is 0 Å². The first kappa shape index (κ1) is 13.5. The average molecular weight is 237 g/mol. The molecule has 0 atom stereocenters. The number of aromatic nitrogens is 1. The van der Waals surface area contributed by atoms with Crippen molar-refractivity contribution in [3.05, 3.63) is 33.7 Å². The minimum atomic E-state index is -0.735. The van der Waals surface area contributed by atoms with E-state index in [1.807, 2.05) is 13.8 Å². The van der Waals surface area contributed by atoms with Gasteiger partial charge in [-0.1, -0.05) is 6.42 Å². The lowest BCUT2D eigenvalue weighted by molar-refractivity contribution is -0.137. The Kier molecular flexibility index (Phi) is 4.94. The van der Waals surface area contributed by atoms with Crippen molar-refractivity contribution in [2.45, 2.75) is 46.1 Å². The standard InChI is InChI=1S/C13H19NO3/c1-10-8-12(15)9-11(2)14(10)7-5-3-4-6-13(16)17/h8-9H,3-7H2,1-2H3,(H,16,17). The Labute approximate surface area is 101 Å². The molecule has 1 rings (SSSR count). The Bertz CT molecular complexity index is 422. The lowest BCUT2D eigenvalue weighted by atomic mass is 10.2. The Morgan fingerprint density at radius 1 is 1.18 bits per heavy atom. The lowest BCUT2D eigenvalue weighted by Gasteiger charge is -2.13. The lowest BCUT2D eigenvalue weighted by Crippen LogP contribution is -2.13. The molecule has 0 saturated carbocycles. The monoisotopic (exact) mass is 237 g/mol. The van der Waals surface area contributed by atoms with E-state index < -0.39 is 5.97 Å². The summed E-state index contributed by atoms with van der Waals surface area (Å²) < 4.78 is 2.10. The molecular weight excluding hydrogens is 218 g/mol. The molecule has 4 heteroatoms. The predicted molar refractivity (Wildman–Crippen MR) is 66.3 cm³/mol. The van der Waals surface area contributed by atoms with Crippen LogP contribution in [0, 0.1) is 13.8 Å². The second-order valence-electron chi connectivity index (χ2n) is 4.33. The summed E-state index contributed by atoms with van der Waals surface area (Å²) in [6.45, 7) is 4.69. The number of carbonyl (C=O) groups is 1. The summed E-state index contributed by atoms with van der Waals surface area (Å²) in [6.07, 6.45) is 2.80. The van der Waals surface area contributed by atoms with Crippen LogP contribution in [-0.4, -0.2) is 15.6 Å². The molecule has 0 spiro atoms. The number of aliphatic carboxylic acids is 1. The molecule has 1 aromatic rings. The summed E-state index contributed by atoms with van der Waals surface area (Å²) in [5.74, 6) is -0.735. The van der Waals surface area contributed by atoms with E-state index in [4.69, 9.17) is 5.11 Å². The first-order valence-corrected chi connectivity index (χ1v) is 5.90.